The van der Waals surface area contributed by atoms with Gasteiger partial charge in [-0.25, -0.2) is 9.97 Å². The van der Waals surface area contributed by atoms with Gasteiger partial charge in [-0.1, -0.05) is 19.9 Å². The van der Waals surface area contributed by atoms with Crippen LogP contribution in [0.5, 0.6) is 0 Å². The molecule has 0 aromatic carbocycles. The van der Waals surface area contributed by atoms with Crippen LogP contribution in [0.1, 0.15) is 32.5 Å². The van der Waals surface area contributed by atoms with E-state index < -0.39 is 0 Å². The van der Waals surface area contributed by atoms with Crippen molar-refractivity contribution in [3.8, 4) is 11.4 Å². The third-order valence-electron chi connectivity index (χ3n) is 5.01. The predicted molar refractivity (Wildman–Crippen MR) is 97.9 cm³/mol. The number of pyridine rings is 1. The highest BCUT2D eigenvalue weighted by molar-refractivity contribution is 5.58. The molecule has 1 fully saturated rings. The van der Waals surface area contributed by atoms with Crippen LogP contribution in [0.3, 0.4) is 0 Å². The number of rotatable bonds is 4. The SMILES string of the molecule is Cc1nc(NCC2N(C)CCCC2(C)C)cc(-c2ccccn2)n1. The Labute approximate surface area is 144 Å². The normalized spacial score (nSPS) is 20.8. The van der Waals surface area contributed by atoms with Crippen LogP contribution in [0.4, 0.5) is 5.82 Å². The molecule has 24 heavy (non-hydrogen) atoms. The summed E-state index contributed by atoms with van der Waals surface area (Å²) < 4.78 is 0. The van der Waals surface area contributed by atoms with Crippen LogP contribution >= 0.6 is 0 Å². The standard InChI is InChI=1S/C19H27N5/c1-14-22-16(15-8-5-6-10-20-15)12-18(23-14)21-13-17-19(2,3)9-7-11-24(17)4/h5-6,8,10,12,17H,7,9,11,13H2,1-4H3,(H,21,22,23). The molecule has 1 saturated heterocycles. The highest BCUT2D eigenvalue weighted by Crippen LogP contribution is 2.34. The van der Waals surface area contributed by atoms with Crippen molar-refractivity contribution in [3.05, 3.63) is 36.3 Å². The van der Waals surface area contributed by atoms with Gasteiger partial charge >= 0.3 is 0 Å². The fourth-order valence-electron chi connectivity index (χ4n) is 3.64. The number of nitrogens with zero attached hydrogens (tertiary/aromatic N) is 4. The maximum Gasteiger partial charge on any atom is 0.130 e. The van der Waals surface area contributed by atoms with Gasteiger partial charge < -0.3 is 10.2 Å². The Kier molecular flexibility index (Phi) is 4.81. The van der Waals surface area contributed by atoms with Crippen LogP contribution in [0, 0.1) is 12.3 Å². The zero-order valence-corrected chi connectivity index (χ0v) is 15.1. The number of likely N-dealkylation sites (N-methyl/N-ethyl adjacent to an activating group) is 1. The van der Waals surface area contributed by atoms with E-state index in [1.807, 2.05) is 31.2 Å². The Morgan fingerprint density at radius 3 is 2.79 bits per heavy atom. The van der Waals surface area contributed by atoms with Gasteiger partial charge in [0.25, 0.3) is 0 Å². The molecule has 0 bridgehead atoms. The van der Waals surface area contributed by atoms with Gasteiger partial charge in [0, 0.05) is 24.8 Å². The summed E-state index contributed by atoms with van der Waals surface area (Å²) >= 11 is 0. The minimum atomic E-state index is 0.311. The molecule has 3 rings (SSSR count). The van der Waals surface area contributed by atoms with Crippen molar-refractivity contribution in [1.82, 2.24) is 19.9 Å². The molecule has 0 radical (unpaired) electrons. The molecule has 2 aromatic heterocycles. The van der Waals surface area contributed by atoms with E-state index in [0.29, 0.717) is 11.5 Å². The van der Waals surface area contributed by atoms with Crippen LogP contribution in [0.25, 0.3) is 11.4 Å². The first kappa shape index (κ1) is 16.8. The van der Waals surface area contributed by atoms with Gasteiger partial charge in [-0.15, -0.1) is 0 Å². The van der Waals surface area contributed by atoms with Crippen LogP contribution in [0.2, 0.25) is 0 Å². The lowest BCUT2D eigenvalue weighted by Crippen LogP contribution is -2.51. The van der Waals surface area contributed by atoms with Crippen molar-refractivity contribution in [2.45, 2.75) is 39.7 Å². The number of aromatic nitrogens is 3. The summed E-state index contributed by atoms with van der Waals surface area (Å²) in [5.41, 5.74) is 2.05. The van der Waals surface area contributed by atoms with Crippen LogP contribution in [-0.4, -0.2) is 46.0 Å². The molecule has 5 nitrogen and oxygen atoms in total. The highest BCUT2D eigenvalue weighted by Gasteiger charge is 2.35. The van der Waals surface area contributed by atoms with Crippen LogP contribution in [0.15, 0.2) is 30.5 Å². The van der Waals surface area contributed by atoms with Crippen molar-refractivity contribution >= 4 is 5.82 Å². The fraction of sp³-hybridized carbons (Fsp3) is 0.526. The zero-order valence-electron chi connectivity index (χ0n) is 15.1. The second-order valence-electron chi connectivity index (χ2n) is 7.37. The Balaban J connectivity index is 1.77. The quantitative estimate of drug-likeness (QED) is 0.934. The zero-order chi connectivity index (χ0) is 17.2. The first-order chi connectivity index (χ1) is 11.5. The van der Waals surface area contributed by atoms with Crippen LogP contribution in [-0.2, 0) is 0 Å². The number of likely N-dealkylation sites (tertiary alicyclic amines) is 1. The van der Waals surface area contributed by atoms with E-state index in [-0.39, 0.29) is 0 Å². The molecule has 1 aliphatic heterocycles. The number of hydrogen-bond acceptors (Lipinski definition) is 5. The second-order valence-corrected chi connectivity index (χ2v) is 7.37. The molecule has 128 valence electrons. The Bertz CT molecular complexity index is 683. The lowest BCUT2D eigenvalue weighted by atomic mass is 9.76. The smallest absolute Gasteiger partial charge is 0.130 e. The van der Waals surface area contributed by atoms with E-state index >= 15 is 0 Å². The molecule has 0 aliphatic carbocycles. The summed E-state index contributed by atoms with van der Waals surface area (Å²) in [7, 11) is 2.22. The van der Waals surface area contributed by atoms with E-state index in [9.17, 15) is 0 Å². The first-order valence-electron chi connectivity index (χ1n) is 8.67. The van der Waals surface area contributed by atoms with Gasteiger partial charge in [-0.2, -0.15) is 0 Å². The summed E-state index contributed by atoms with van der Waals surface area (Å²) in [6.07, 6.45) is 4.33. The van der Waals surface area contributed by atoms with Gasteiger partial charge in [-0.3, -0.25) is 4.98 Å². The number of anilines is 1. The number of aryl methyl sites for hydroxylation is 1. The summed E-state index contributed by atoms with van der Waals surface area (Å²) in [5.74, 6) is 1.63. The van der Waals surface area contributed by atoms with E-state index in [1.165, 1.54) is 12.8 Å². The summed E-state index contributed by atoms with van der Waals surface area (Å²) in [4.78, 5) is 15.9. The minimum Gasteiger partial charge on any atom is -0.368 e. The Morgan fingerprint density at radius 1 is 1.25 bits per heavy atom. The van der Waals surface area contributed by atoms with E-state index in [2.05, 4.69) is 46.1 Å². The predicted octanol–water partition coefficient (Wildman–Crippen LogP) is 3.38. The monoisotopic (exact) mass is 325 g/mol. The maximum atomic E-state index is 4.55. The van der Waals surface area contributed by atoms with E-state index in [4.69, 9.17) is 0 Å². The average molecular weight is 325 g/mol. The van der Waals surface area contributed by atoms with Crippen molar-refractivity contribution in [3.63, 3.8) is 0 Å². The van der Waals surface area contributed by atoms with Crippen molar-refractivity contribution < 1.29 is 0 Å². The number of piperidine rings is 1. The molecule has 0 saturated carbocycles. The first-order valence-corrected chi connectivity index (χ1v) is 8.67. The fourth-order valence-corrected chi connectivity index (χ4v) is 3.64. The van der Waals surface area contributed by atoms with E-state index in [1.54, 1.807) is 6.20 Å². The average Bonchev–Trinajstić information content (AvgIpc) is 2.54. The molecule has 0 amide bonds. The van der Waals surface area contributed by atoms with Gasteiger partial charge in [0.1, 0.15) is 11.6 Å². The molecule has 0 spiro atoms. The summed E-state index contributed by atoms with van der Waals surface area (Å²) in [5, 5.41) is 3.53. The molecule has 1 aliphatic rings. The lowest BCUT2D eigenvalue weighted by molar-refractivity contribution is 0.0671. The van der Waals surface area contributed by atoms with Gasteiger partial charge in [0.2, 0.25) is 0 Å². The molecule has 5 heteroatoms. The topological polar surface area (TPSA) is 53.9 Å². The Morgan fingerprint density at radius 2 is 2.08 bits per heavy atom. The van der Waals surface area contributed by atoms with Gasteiger partial charge in [-0.05, 0) is 50.9 Å². The van der Waals surface area contributed by atoms with Crippen molar-refractivity contribution in [1.29, 1.82) is 0 Å². The molecule has 1 N–H and O–H groups in total. The lowest BCUT2D eigenvalue weighted by Gasteiger charge is -2.45. The molecular formula is C19H27N5. The van der Waals surface area contributed by atoms with Gasteiger partial charge in [0.05, 0.1) is 11.4 Å². The summed E-state index contributed by atoms with van der Waals surface area (Å²) in [6, 6.07) is 8.36. The molecule has 3 heterocycles. The second kappa shape index (κ2) is 6.85. The summed E-state index contributed by atoms with van der Waals surface area (Å²) in [6.45, 7) is 8.70. The maximum absolute atomic E-state index is 4.55. The Hall–Kier alpha value is -2.01. The van der Waals surface area contributed by atoms with Crippen molar-refractivity contribution in [2.75, 3.05) is 25.5 Å². The molecule has 2 aromatic rings. The van der Waals surface area contributed by atoms with Crippen LogP contribution < -0.4 is 5.32 Å². The third kappa shape index (κ3) is 3.73. The van der Waals surface area contributed by atoms with Crippen molar-refractivity contribution in [2.24, 2.45) is 5.41 Å². The third-order valence-corrected chi connectivity index (χ3v) is 5.01. The number of hydrogen-bond donors (Lipinski definition) is 1. The van der Waals surface area contributed by atoms with Gasteiger partial charge in [0.15, 0.2) is 0 Å². The molecular weight excluding hydrogens is 298 g/mol. The highest BCUT2D eigenvalue weighted by atomic mass is 15.2. The number of nitrogens with one attached hydrogen (secondary N) is 1. The minimum absolute atomic E-state index is 0.311. The molecule has 1 atom stereocenters. The largest absolute Gasteiger partial charge is 0.368 e. The van der Waals surface area contributed by atoms with E-state index in [0.717, 1.165) is 36.1 Å². The molecule has 1 unspecified atom stereocenters.